The summed E-state index contributed by atoms with van der Waals surface area (Å²) in [7, 11) is 3.46. The van der Waals surface area contributed by atoms with E-state index < -0.39 is 0 Å². The van der Waals surface area contributed by atoms with Crippen LogP contribution in [-0.4, -0.2) is 22.8 Å². The molecule has 1 aromatic heterocycles. The zero-order chi connectivity index (χ0) is 19.4. The molecule has 0 radical (unpaired) electrons. The summed E-state index contributed by atoms with van der Waals surface area (Å²) in [5.41, 5.74) is 3.92. The van der Waals surface area contributed by atoms with Crippen molar-refractivity contribution in [2.45, 2.75) is 20.5 Å². The van der Waals surface area contributed by atoms with Crippen molar-refractivity contribution >= 4 is 11.6 Å². The monoisotopic (exact) mass is 365 g/mol. The summed E-state index contributed by atoms with van der Waals surface area (Å²) in [6.07, 6.45) is 0. The first-order chi connectivity index (χ1) is 13.0. The SMILES string of the molecule is COc1ccccc1OCc1cccc(C(=O)Nc2c(C)nn(C)c2C)c1. The van der Waals surface area contributed by atoms with Gasteiger partial charge in [-0.3, -0.25) is 9.48 Å². The quantitative estimate of drug-likeness (QED) is 0.720. The van der Waals surface area contributed by atoms with Crippen molar-refractivity contribution < 1.29 is 14.3 Å². The molecule has 6 heteroatoms. The second kappa shape index (κ2) is 7.95. The van der Waals surface area contributed by atoms with Crippen LogP contribution in [0.1, 0.15) is 27.3 Å². The Bertz CT molecular complexity index is 963. The molecule has 1 heterocycles. The van der Waals surface area contributed by atoms with Crippen LogP contribution in [0.3, 0.4) is 0 Å². The average molecular weight is 365 g/mol. The molecule has 27 heavy (non-hydrogen) atoms. The van der Waals surface area contributed by atoms with Gasteiger partial charge < -0.3 is 14.8 Å². The van der Waals surface area contributed by atoms with Crippen molar-refractivity contribution in [2.24, 2.45) is 7.05 Å². The molecule has 140 valence electrons. The standard InChI is InChI=1S/C21H23N3O3/c1-14-20(15(2)24(3)23-14)22-21(25)17-9-7-8-16(12-17)13-27-19-11-6-5-10-18(19)26-4/h5-12H,13H2,1-4H3,(H,22,25). The molecule has 0 saturated carbocycles. The zero-order valence-corrected chi connectivity index (χ0v) is 15.9. The molecule has 0 aliphatic rings. The summed E-state index contributed by atoms with van der Waals surface area (Å²) < 4.78 is 12.9. The lowest BCUT2D eigenvalue weighted by Crippen LogP contribution is -2.13. The highest BCUT2D eigenvalue weighted by Gasteiger charge is 2.14. The maximum absolute atomic E-state index is 12.6. The van der Waals surface area contributed by atoms with Gasteiger partial charge in [0.05, 0.1) is 24.2 Å². The number of amides is 1. The fraction of sp³-hybridized carbons (Fsp3) is 0.238. The molecule has 0 bridgehead atoms. The Kier molecular flexibility index (Phi) is 5.45. The number of nitrogens with one attached hydrogen (secondary N) is 1. The number of aromatic nitrogens is 2. The predicted molar refractivity (Wildman–Crippen MR) is 104 cm³/mol. The van der Waals surface area contributed by atoms with Crippen molar-refractivity contribution in [1.29, 1.82) is 0 Å². The van der Waals surface area contributed by atoms with Gasteiger partial charge in [0.2, 0.25) is 0 Å². The Morgan fingerprint density at radius 2 is 1.85 bits per heavy atom. The van der Waals surface area contributed by atoms with Crippen LogP contribution in [0.2, 0.25) is 0 Å². The topological polar surface area (TPSA) is 65.4 Å². The summed E-state index contributed by atoms with van der Waals surface area (Å²) in [5, 5.41) is 7.28. The number of nitrogens with zero attached hydrogens (tertiary/aromatic N) is 2. The fourth-order valence-electron chi connectivity index (χ4n) is 2.84. The number of carbonyl (C=O) groups excluding carboxylic acids is 1. The van der Waals surface area contributed by atoms with Crippen LogP contribution in [0.4, 0.5) is 5.69 Å². The van der Waals surface area contributed by atoms with Crippen LogP contribution in [0.5, 0.6) is 11.5 Å². The predicted octanol–water partition coefficient (Wildman–Crippen LogP) is 3.88. The van der Waals surface area contributed by atoms with Gasteiger partial charge in [-0.1, -0.05) is 24.3 Å². The number of hydrogen-bond acceptors (Lipinski definition) is 4. The van der Waals surface area contributed by atoms with Crippen molar-refractivity contribution in [3.05, 3.63) is 71.0 Å². The van der Waals surface area contributed by atoms with E-state index in [1.807, 2.05) is 63.4 Å². The highest BCUT2D eigenvalue weighted by atomic mass is 16.5. The molecule has 0 fully saturated rings. The van der Waals surface area contributed by atoms with E-state index in [2.05, 4.69) is 10.4 Å². The zero-order valence-electron chi connectivity index (χ0n) is 15.9. The van der Waals surface area contributed by atoms with E-state index in [1.54, 1.807) is 17.9 Å². The maximum Gasteiger partial charge on any atom is 0.255 e. The molecule has 0 saturated heterocycles. The number of para-hydroxylation sites is 2. The van der Waals surface area contributed by atoms with Crippen LogP contribution in [0, 0.1) is 13.8 Å². The van der Waals surface area contributed by atoms with Crippen molar-refractivity contribution in [3.63, 3.8) is 0 Å². The van der Waals surface area contributed by atoms with E-state index in [0.717, 1.165) is 22.6 Å². The number of benzene rings is 2. The highest BCUT2D eigenvalue weighted by Crippen LogP contribution is 2.26. The van der Waals surface area contributed by atoms with E-state index >= 15 is 0 Å². The lowest BCUT2D eigenvalue weighted by molar-refractivity contribution is 0.102. The number of hydrogen-bond donors (Lipinski definition) is 1. The van der Waals surface area contributed by atoms with Crippen LogP contribution < -0.4 is 14.8 Å². The third-order valence-corrected chi connectivity index (χ3v) is 4.40. The minimum atomic E-state index is -0.173. The Morgan fingerprint density at radius 3 is 2.52 bits per heavy atom. The molecule has 0 unspecified atom stereocenters. The third-order valence-electron chi connectivity index (χ3n) is 4.40. The lowest BCUT2D eigenvalue weighted by Gasteiger charge is -2.11. The molecular formula is C21H23N3O3. The second-order valence-corrected chi connectivity index (χ2v) is 6.26. The van der Waals surface area contributed by atoms with E-state index in [-0.39, 0.29) is 5.91 Å². The minimum Gasteiger partial charge on any atom is -0.493 e. The molecule has 2 aromatic carbocycles. The average Bonchev–Trinajstić information content (AvgIpc) is 2.92. The number of ether oxygens (including phenoxy) is 2. The van der Waals surface area contributed by atoms with Crippen molar-refractivity contribution in [3.8, 4) is 11.5 Å². The summed E-state index contributed by atoms with van der Waals surface area (Å²) >= 11 is 0. The molecular weight excluding hydrogens is 342 g/mol. The summed E-state index contributed by atoms with van der Waals surface area (Å²) in [6, 6.07) is 14.8. The Hall–Kier alpha value is -3.28. The number of carbonyl (C=O) groups is 1. The largest absolute Gasteiger partial charge is 0.493 e. The Balaban J connectivity index is 1.72. The number of rotatable bonds is 6. The molecule has 0 aliphatic carbocycles. The smallest absolute Gasteiger partial charge is 0.255 e. The van der Waals surface area contributed by atoms with Gasteiger partial charge >= 0.3 is 0 Å². The van der Waals surface area contributed by atoms with E-state index in [4.69, 9.17) is 9.47 Å². The van der Waals surface area contributed by atoms with E-state index in [9.17, 15) is 4.79 Å². The molecule has 3 aromatic rings. The van der Waals surface area contributed by atoms with Gasteiger partial charge in [0.15, 0.2) is 11.5 Å². The molecule has 0 aliphatic heterocycles. The van der Waals surface area contributed by atoms with Gasteiger partial charge in [-0.15, -0.1) is 0 Å². The first-order valence-electron chi connectivity index (χ1n) is 8.66. The van der Waals surface area contributed by atoms with Gasteiger partial charge in [-0.25, -0.2) is 0 Å². The van der Waals surface area contributed by atoms with Gasteiger partial charge in [-0.05, 0) is 43.7 Å². The summed E-state index contributed by atoms with van der Waals surface area (Å²) in [4.78, 5) is 12.6. The van der Waals surface area contributed by atoms with Crippen LogP contribution >= 0.6 is 0 Å². The van der Waals surface area contributed by atoms with Crippen LogP contribution in [0.25, 0.3) is 0 Å². The molecule has 0 spiro atoms. The van der Waals surface area contributed by atoms with Crippen LogP contribution in [-0.2, 0) is 13.7 Å². The molecule has 1 amide bonds. The van der Waals surface area contributed by atoms with Gasteiger partial charge in [0, 0.05) is 12.6 Å². The van der Waals surface area contributed by atoms with Crippen molar-refractivity contribution in [1.82, 2.24) is 9.78 Å². The first kappa shape index (κ1) is 18.5. The van der Waals surface area contributed by atoms with E-state index in [1.165, 1.54) is 0 Å². The van der Waals surface area contributed by atoms with E-state index in [0.29, 0.717) is 23.7 Å². The van der Waals surface area contributed by atoms with Gasteiger partial charge in [0.25, 0.3) is 5.91 Å². The van der Waals surface area contributed by atoms with Gasteiger partial charge in [0.1, 0.15) is 6.61 Å². The van der Waals surface area contributed by atoms with Gasteiger partial charge in [-0.2, -0.15) is 5.10 Å². The minimum absolute atomic E-state index is 0.173. The maximum atomic E-state index is 12.6. The van der Waals surface area contributed by atoms with Crippen LogP contribution in [0.15, 0.2) is 48.5 Å². The third kappa shape index (κ3) is 4.11. The fourth-order valence-corrected chi connectivity index (χ4v) is 2.84. The summed E-state index contributed by atoms with van der Waals surface area (Å²) in [6.45, 7) is 4.14. The summed E-state index contributed by atoms with van der Waals surface area (Å²) in [5.74, 6) is 1.17. The number of aryl methyl sites for hydroxylation is 2. The highest BCUT2D eigenvalue weighted by molar-refractivity contribution is 6.05. The molecule has 6 nitrogen and oxygen atoms in total. The molecule has 0 atom stereocenters. The first-order valence-corrected chi connectivity index (χ1v) is 8.66. The lowest BCUT2D eigenvalue weighted by atomic mass is 10.1. The Labute approximate surface area is 158 Å². The number of methoxy groups -OCH3 is 1. The van der Waals surface area contributed by atoms with Crippen molar-refractivity contribution in [2.75, 3.05) is 12.4 Å². The number of anilines is 1. The molecule has 1 N–H and O–H groups in total. The molecule has 3 rings (SSSR count). The Morgan fingerprint density at radius 1 is 1.11 bits per heavy atom. The second-order valence-electron chi connectivity index (χ2n) is 6.26. The normalized spacial score (nSPS) is 10.5.